The number of benzene rings is 1. The maximum atomic E-state index is 15.8. The summed E-state index contributed by atoms with van der Waals surface area (Å²) < 4.78 is 34.0. The van der Waals surface area contributed by atoms with Crippen molar-refractivity contribution < 1.29 is 18.7 Å². The van der Waals surface area contributed by atoms with E-state index in [0.29, 0.717) is 25.8 Å². The van der Waals surface area contributed by atoms with Crippen molar-refractivity contribution in [3.8, 4) is 0 Å². The number of nitrogen functional groups attached to an aromatic ring is 2. The Labute approximate surface area is 173 Å². The first-order valence-electron chi connectivity index (χ1n) is 9.78. The van der Waals surface area contributed by atoms with Gasteiger partial charge in [-0.15, -0.1) is 5.10 Å². The van der Waals surface area contributed by atoms with Crippen LogP contribution in [0.15, 0.2) is 17.2 Å². The molecule has 0 radical (unpaired) electrons. The maximum absolute atomic E-state index is 15.8. The van der Waals surface area contributed by atoms with Gasteiger partial charge in [0, 0.05) is 25.3 Å². The van der Waals surface area contributed by atoms with Crippen LogP contribution < -0.4 is 21.8 Å². The van der Waals surface area contributed by atoms with Crippen molar-refractivity contribution in [1.29, 1.82) is 0 Å². The first-order chi connectivity index (χ1) is 14.8. The highest BCUT2D eigenvalue weighted by Gasteiger charge is 2.35. The fourth-order valence-corrected chi connectivity index (χ4v) is 4.25. The number of hydrogen-bond acceptors (Lipinski definition) is 7. The molecule has 1 saturated carbocycles. The molecule has 12 heteroatoms. The zero-order valence-electron chi connectivity index (χ0n) is 16.3. The Bertz CT molecular complexity index is 1300. The van der Waals surface area contributed by atoms with Crippen molar-refractivity contribution in [3.63, 3.8) is 0 Å². The summed E-state index contributed by atoms with van der Waals surface area (Å²) in [6, 6.07) is -0.363. The number of hydrogen-bond donors (Lipinski definition) is 3. The minimum atomic E-state index is -1.47. The van der Waals surface area contributed by atoms with E-state index < -0.39 is 39.7 Å². The summed E-state index contributed by atoms with van der Waals surface area (Å²) >= 11 is 0. The number of carbonyl (C=O) groups is 1. The number of anilines is 3. The molecule has 31 heavy (non-hydrogen) atoms. The highest BCUT2D eigenvalue weighted by molar-refractivity contribution is 5.99. The van der Waals surface area contributed by atoms with Gasteiger partial charge in [-0.3, -0.25) is 4.79 Å². The molecule has 1 unspecified atom stereocenters. The second-order valence-corrected chi connectivity index (χ2v) is 7.94. The summed E-state index contributed by atoms with van der Waals surface area (Å²) in [5.74, 6) is -3.24. The number of carboxylic acids is 1. The Balaban J connectivity index is 1.68. The van der Waals surface area contributed by atoms with Gasteiger partial charge >= 0.3 is 5.97 Å². The van der Waals surface area contributed by atoms with Gasteiger partial charge in [-0.25, -0.2) is 18.3 Å². The van der Waals surface area contributed by atoms with Crippen LogP contribution in [0.25, 0.3) is 10.9 Å². The average molecular weight is 431 g/mol. The summed E-state index contributed by atoms with van der Waals surface area (Å²) in [7, 11) is 0. The molecule has 10 nitrogen and oxygen atoms in total. The van der Waals surface area contributed by atoms with Crippen LogP contribution in [0.1, 0.15) is 41.7 Å². The Morgan fingerprint density at radius 1 is 1.13 bits per heavy atom. The number of carboxylic acid groups (broad SMARTS) is 1. The molecule has 5 rings (SSSR count). The second kappa shape index (κ2) is 6.65. The minimum absolute atomic E-state index is 0.167. The van der Waals surface area contributed by atoms with Crippen molar-refractivity contribution in [1.82, 2.24) is 19.6 Å². The Morgan fingerprint density at radius 2 is 1.87 bits per heavy atom. The van der Waals surface area contributed by atoms with Crippen molar-refractivity contribution in [2.24, 2.45) is 0 Å². The molecule has 3 aromatic rings. The van der Waals surface area contributed by atoms with Gasteiger partial charge in [0.1, 0.15) is 11.3 Å². The molecule has 2 fully saturated rings. The van der Waals surface area contributed by atoms with Crippen LogP contribution in [-0.4, -0.2) is 43.7 Å². The van der Waals surface area contributed by atoms with Gasteiger partial charge in [0.2, 0.25) is 5.43 Å². The first-order valence-corrected chi connectivity index (χ1v) is 9.78. The van der Waals surface area contributed by atoms with Crippen LogP contribution >= 0.6 is 0 Å². The van der Waals surface area contributed by atoms with Gasteiger partial charge in [0.05, 0.1) is 28.8 Å². The predicted molar refractivity (Wildman–Crippen MR) is 108 cm³/mol. The summed E-state index contributed by atoms with van der Waals surface area (Å²) in [4.78, 5) is 25.7. The third kappa shape index (κ3) is 2.89. The molecule has 1 aromatic carbocycles. The molecule has 5 N–H and O–H groups in total. The molecule has 2 aliphatic rings. The molecular formula is C19H19F2N7O3. The molecule has 3 heterocycles. The molecule has 0 bridgehead atoms. The van der Waals surface area contributed by atoms with E-state index in [9.17, 15) is 14.7 Å². The lowest BCUT2D eigenvalue weighted by Crippen LogP contribution is -2.26. The van der Waals surface area contributed by atoms with Gasteiger partial charge in [-0.1, -0.05) is 5.21 Å². The Kier molecular flexibility index (Phi) is 4.14. The largest absolute Gasteiger partial charge is 0.477 e. The lowest BCUT2D eigenvalue weighted by molar-refractivity contribution is 0.0695. The smallest absolute Gasteiger partial charge is 0.341 e. The van der Waals surface area contributed by atoms with E-state index in [1.54, 1.807) is 10.9 Å². The van der Waals surface area contributed by atoms with Crippen LogP contribution in [-0.2, 0) is 0 Å². The fourth-order valence-electron chi connectivity index (χ4n) is 4.25. The fraction of sp³-hybridized carbons (Fsp3) is 0.368. The highest BCUT2D eigenvalue weighted by Crippen LogP contribution is 2.42. The average Bonchev–Trinajstić information content (AvgIpc) is 3.30. The molecular weight excluding hydrogens is 412 g/mol. The molecule has 0 amide bonds. The normalized spacial score (nSPS) is 18.8. The molecule has 1 saturated heterocycles. The maximum Gasteiger partial charge on any atom is 0.341 e. The monoisotopic (exact) mass is 431 g/mol. The van der Waals surface area contributed by atoms with E-state index in [-0.39, 0.29) is 35.7 Å². The zero-order chi connectivity index (χ0) is 22.0. The van der Waals surface area contributed by atoms with Gasteiger partial charge in [-0.05, 0) is 19.3 Å². The van der Waals surface area contributed by atoms with Crippen LogP contribution in [0.3, 0.4) is 0 Å². The number of pyridine rings is 1. The van der Waals surface area contributed by atoms with Crippen molar-refractivity contribution in [2.75, 3.05) is 29.5 Å². The van der Waals surface area contributed by atoms with E-state index >= 15 is 8.78 Å². The number of rotatable bonds is 4. The quantitative estimate of drug-likeness (QED) is 0.527. The summed E-state index contributed by atoms with van der Waals surface area (Å²) in [6.07, 6.45) is 4.62. The number of nitrogens with two attached hydrogens (primary N) is 2. The highest BCUT2D eigenvalue weighted by atomic mass is 19.1. The van der Waals surface area contributed by atoms with E-state index in [1.807, 2.05) is 0 Å². The predicted octanol–water partition coefficient (Wildman–Crippen LogP) is 1.52. The van der Waals surface area contributed by atoms with Crippen molar-refractivity contribution >= 4 is 34.1 Å². The van der Waals surface area contributed by atoms with E-state index in [1.165, 1.54) is 9.47 Å². The summed E-state index contributed by atoms with van der Waals surface area (Å²) in [6.45, 7) is 0.562. The summed E-state index contributed by atoms with van der Waals surface area (Å²) in [5, 5.41) is 16.6. The second-order valence-electron chi connectivity index (χ2n) is 7.94. The first kappa shape index (κ1) is 19.3. The SMILES string of the molecule is Nc1cn(C2CCN(c3c(F)c(N)c4c(=O)c(C(=O)O)cn(C5CC5)c4c3F)C2)nn1. The van der Waals surface area contributed by atoms with Gasteiger partial charge in [-0.2, -0.15) is 0 Å². The van der Waals surface area contributed by atoms with Crippen LogP contribution in [0.4, 0.5) is 26.0 Å². The molecule has 1 aliphatic heterocycles. The Hall–Kier alpha value is -3.70. The standard InChI is InChI=1S/C19H19F2N7O3/c20-13-15(23)12-16(27(8-1-2-8)6-10(18(12)29)19(30)31)14(21)17(13)26-4-3-9(5-26)28-7-11(22)24-25-28/h6-9H,1-5,22-23H2,(H,30,31). The molecule has 0 spiro atoms. The van der Waals surface area contributed by atoms with Crippen molar-refractivity contribution in [2.45, 2.75) is 31.3 Å². The van der Waals surface area contributed by atoms with Crippen LogP contribution in [0, 0.1) is 11.6 Å². The summed E-state index contributed by atoms with van der Waals surface area (Å²) in [5.41, 5.74) is 8.92. The third-order valence-electron chi connectivity index (χ3n) is 5.92. The van der Waals surface area contributed by atoms with Gasteiger partial charge in [0.15, 0.2) is 17.5 Å². The van der Waals surface area contributed by atoms with Crippen molar-refractivity contribution in [3.05, 3.63) is 39.8 Å². The third-order valence-corrected chi connectivity index (χ3v) is 5.92. The van der Waals surface area contributed by atoms with E-state index in [4.69, 9.17) is 11.5 Å². The number of aromatic carboxylic acids is 1. The molecule has 1 aliphatic carbocycles. The number of fused-ring (bicyclic) bond motifs is 1. The zero-order valence-corrected chi connectivity index (χ0v) is 16.3. The van der Waals surface area contributed by atoms with Gasteiger partial charge in [0.25, 0.3) is 0 Å². The van der Waals surface area contributed by atoms with Crippen LogP contribution in [0.5, 0.6) is 0 Å². The number of aromatic nitrogens is 4. The van der Waals surface area contributed by atoms with E-state index in [0.717, 1.165) is 6.20 Å². The number of halogens is 2. The number of nitrogens with zero attached hydrogens (tertiary/aromatic N) is 5. The Morgan fingerprint density at radius 3 is 2.48 bits per heavy atom. The van der Waals surface area contributed by atoms with E-state index in [2.05, 4.69) is 10.3 Å². The lowest BCUT2D eigenvalue weighted by Gasteiger charge is -2.23. The van der Waals surface area contributed by atoms with Gasteiger partial charge < -0.3 is 26.0 Å². The lowest BCUT2D eigenvalue weighted by atomic mass is 10.1. The van der Waals surface area contributed by atoms with Crippen LogP contribution in [0.2, 0.25) is 0 Å². The molecule has 162 valence electrons. The molecule has 2 aromatic heterocycles. The minimum Gasteiger partial charge on any atom is -0.477 e. The molecule has 1 atom stereocenters. The topological polar surface area (TPSA) is 145 Å².